The van der Waals surface area contributed by atoms with Gasteiger partial charge in [0.2, 0.25) is 11.8 Å². The molecule has 0 spiro atoms. The highest BCUT2D eigenvalue weighted by atomic mass is 35.5. The first-order chi connectivity index (χ1) is 28.9. The number of imide groups is 1. The molecule has 5 aromatic rings. The number of carbonyl (C=O) groups is 3. The first kappa shape index (κ1) is 41.0. The number of nitrogens with one attached hydrogen (secondary N) is 2. The number of hydrogen-bond donors (Lipinski definition) is 4. The van der Waals surface area contributed by atoms with Crippen LogP contribution in [0.2, 0.25) is 5.02 Å². The van der Waals surface area contributed by atoms with Crippen LogP contribution in [0.25, 0.3) is 22.0 Å². The van der Waals surface area contributed by atoms with Gasteiger partial charge in [0, 0.05) is 73.7 Å². The number of urea groups is 1. The Morgan fingerprint density at radius 1 is 1.08 bits per heavy atom. The Morgan fingerprint density at radius 3 is 2.57 bits per heavy atom. The van der Waals surface area contributed by atoms with Crippen molar-refractivity contribution in [1.29, 1.82) is 0 Å². The fourth-order valence-corrected chi connectivity index (χ4v) is 9.30. The predicted octanol–water partition coefficient (Wildman–Crippen LogP) is 6.38. The molecule has 0 unspecified atom stereocenters. The number of hydrogen-bond acceptors (Lipinski definition) is 9. The molecule has 0 bridgehead atoms. The average Bonchev–Trinajstić information content (AvgIpc) is 3.73. The zero-order valence-corrected chi connectivity index (χ0v) is 34.0. The van der Waals surface area contributed by atoms with E-state index in [1.807, 2.05) is 56.4 Å². The summed E-state index contributed by atoms with van der Waals surface area (Å²) in [7, 11) is 1.87. The summed E-state index contributed by atoms with van der Waals surface area (Å²) >= 11 is 6.68. The maximum atomic E-state index is 16.4. The molecule has 0 radical (unpaired) electrons. The Labute approximate surface area is 350 Å². The summed E-state index contributed by atoms with van der Waals surface area (Å²) < 4.78 is 46.1. The predicted molar refractivity (Wildman–Crippen MR) is 224 cm³/mol. The topological polar surface area (TPSA) is 164 Å². The number of aliphatic hydroxyl groups is 1. The van der Waals surface area contributed by atoms with Crippen LogP contribution in [0.15, 0.2) is 66.7 Å². The molecule has 5 N–H and O–H groups in total. The van der Waals surface area contributed by atoms with Gasteiger partial charge in [-0.3, -0.25) is 24.5 Å². The Morgan fingerprint density at radius 2 is 1.85 bits per heavy atom. The second-order valence-electron chi connectivity index (χ2n) is 15.5. The molecule has 4 amide bonds. The van der Waals surface area contributed by atoms with E-state index >= 15 is 8.78 Å². The van der Waals surface area contributed by atoms with Crippen LogP contribution in [0.1, 0.15) is 60.0 Å². The number of benzene rings is 4. The van der Waals surface area contributed by atoms with Crippen molar-refractivity contribution in [3.8, 4) is 22.6 Å². The van der Waals surface area contributed by atoms with E-state index in [2.05, 4.69) is 21.6 Å². The summed E-state index contributed by atoms with van der Waals surface area (Å²) in [6.07, 6.45) is 3.02. The second-order valence-corrected chi connectivity index (χ2v) is 15.9. The van der Waals surface area contributed by atoms with Gasteiger partial charge in [-0.15, -0.1) is 0 Å². The number of halogens is 3. The lowest BCUT2D eigenvalue weighted by Gasteiger charge is -2.36. The number of primary amides is 1. The van der Waals surface area contributed by atoms with Crippen LogP contribution >= 0.6 is 11.6 Å². The smallest absolute Gasteiger partial charge is 0.329 e. The minimum Gasteiger partial charge on any atom is -0.488 e. The van der Waals surface area contributed by atoms with Crippen LogP contribution in [-0.2, 0) is 17.4 Å². The maximum absolute atomic E-state index is 16.4. The van der Waals surface area contributed by atoms with Crippen molar-refractivity contribution in [3.63, 3.8) is 0 Å². The minimum absolute atomic E-state index is 0.0454. The van der Waals surface area contributed by atoms with Gasteiger partial charge in [-0.05, 0) is 61.6 Å². The molecule has 4 aromatic carbocycles. The van der Waals surface area contributed by atoms with Gasteiger partial charge in [-0.1, -0.05) is 54.9 Å². The molecule has 1 aromatic heterocycles. The van der Waals surface area contributed by atoms with Gasteiger partial charge in [0.15, 0.2) is 23.0 Å². The maximum Gasteiger partial charge on any atom is 0.329 e. The molecular weight excluding hydrogens is 796 g/mol. The molecule has 2 atom stereocenters. The van der Waals surface area contributed by atoms with Crippen molar-refractivity contribution in [1.82, 2.24) is 20.4 Å². The standard InChI is InChI=1S/C44H46ClF2N7O6/c1-25-35-33(23-30(46)38(45)37(35)36-28(41(48)57)11-12-32(39(36)47)59-22-21-55)60-44(25,27-7-4-3-5-8-27)24-49-17-13-26-14-18-53(19-15-26)31-10-6-9-29-40(31)52(2)51-42(29)54-20-16-34(56)50-43(54)58/h3-12,23,25-26,49,55H,13-22,24H2,1-2H3,(H2,48,57)(H,50,56,58)/t25-,44-/m0/s1. The van der Waals surface area contributed by atoms with Crippen molar-refractivity contribution in [2.75, 3.05) is 55.7 Å². The third-order valence-corrected chi connectivity index (χ3v) is 12.5. The van der Waals surface area contributed by atoms with Crippen molar-refractivity contribution >= 4 is 51.9 Å². The summed E-state index contributed by atoms with van der Waals surface area (Å²) in [6.45, 7) is 4.25. The van der Waals surface area contributed by atoms with E-state index < -0.39 is 35.1 Å². The molecule has 2 saturated heterocycles. The summed E-state index contributed by atoms with van der Waals surface area (Å²) in [5.41, 5.74) is 7.31. The van der Waals surface area contributed by atoms with Crippen molar-refractivity contribution in [2.24, 2.45) is 18.7 Å². The lowest BCUT2D eigenvalue weighted by molar-refractivity contribution is -0.120. The lowest BCUT2D eigenvalue weighted by Crippen LogP contribution is -2.49. The first-order valence-electron chi connectivity index (χ1n) is 20.1. The van der Waals surface area contributed by atoms with Crippen LogP contribution in [0, 0.1) is 17.6 Å². The van der Waals surface area contributed by atoms with Gasteiger partial charge in [-0.2, -0.15) is 5.10 Å². The molecule has 3 aliphatic rings. The van der Waals surface area contributed by atoms with E-state index in [0.717, 1.165) is 54.5 Å². The molecule has 0 saturated carbocycles. The van der Waals surface area contributed by atoms with E-state index in [4.69, 9.17) is 31.9 Å². The van der Waals surface area contributed by atoms with E-state index in [-0.39, 0.29) is 65.3 Å². The number of nitrogens with zero attached hydrogens (tertiary/aromatic N) is 4. The fraction of sp³-hybridized carbons (Fsp3) is 0.364. The normalized spacial score (nSPS) is 19.4. The number of piperidine rings is 1. The van der Waals surface area contributed by atoms with Gasteiger partial charge in [0.05, 0.1) is 28.4 Å². The zero-order valence-electron chi connectivity index (χ0n) is 33.3. The molecule has 314 valence electrons. The Balaban J connectivity index is 0.996. The van der Waals surface area contributed by atoms with Crippen molar-refractivity contribution in [3.05, 3.63) is 100 Å². The van der Waals surface area contributed by atoms with Gasteiger partial charge in [-0.25, -0.2) is 13.6 Å². The van der Waals surface area contributed by atoms with Gasteiger partial charge in [0.25, 0.3) is 0 Å². The summed E-state index contributed by atoms with van der Waals surface area (Å²) in [5.74, 6) is -2.70. The Kier molecular flexibility index (Phi) is 11.4. The lowest BCUT2D eigenvalue weighted by atomic mass is 9.77. The number of nitrogens with two attached hydrogens (primary N) is 1. The van der Waals surface area contributed by atoms with Crippen molar-refractivity contribution < 1.29 is 37.7 Å². The number of ether oxygens (including phenoxy) is 2. The third-order valence-electron chi connectivity index (χ3n) is 12.1. The summed E-state index contributed by atoms with van der Waals surface area (Å²) in [6, 6.07) is 18.8. The largest absolute Gasteiger partial charge is 0.488 e. The number of anilines is 2. The second kappa shape index (κ2) is 16.7. The van der Waals surface area contributed by atoms with Crippen LogP contribution in [-0.4, -0.2) is 78.7 Å². The Hall–Kier alpha value is -5.77. The van der Waals surface area contributed by atoms with Crippen LogP contribution in [0.5, 0.6) is 11.5 Å². The Bertz CT molecular complexity index is 2480. The first-order valence-corrected chi connectivity index (χ1v) is 20.5. The van der Waals surface area contributed by atoms with Gasteiger partial charge in [0.1, 0.15) is 18.2 Å². The van der Waals surface area contributed by atoms with Crippen LogP contribution in [0.3, 0.4) is 0 Å². The molecule has 60 heavy (non-hydrogen) atoms. The number of aryl methyl sites for hydroxylation is 1. The summed E-state index contributed by atoms with van der Waals surface area (Å²) in [4.78, 5) is 41.0. The van der Waals surface area contributed by atoms with Crippen molar-refractivity contribution in [2.45, 2.75) is 44.1 Å². The monoisotopic (exact) mass is 841 g/mol. The molecule has 4 heterocycles. The minimum atomic E-state index is -1.07. The number of aliphatic hydroxyl groups excluding tert-OH is 1. The van der Waals surface area contributed by atoms with Crippen LogP contribution in [0.4, 0.5) is 25.1 Å². The van der Waals surface area contributed by atoms with E-state index in [9.17, 15) is 19.5 Å². The van der Waals surface area contributed by atoms with Gasteiger partial charge >= 0.3 is 6.03 Å². The highest BCUT2D eigenvalue weighted by Crippen LogP contribution is 2.56. The van der Waals surface area contributed by atoms with E-state index in [0.29, 0.717) is 30.4 Å². The molecule has 8 rings (SSSR count). The fourth-order valence-electron chi connectivity index (χ4n) is 9.05. The molecule has 2 fully saturated rings. The number of amides is 4. The highest BCUT2D eigenvalue weighted by molar-refractivity contribution is 6.34. The molecule has 0 aliphatic carbocycles. The highest BCUT2D eigenvalue weighted by Gasteiger charge is 2.50. The molecular formula is C44H46ClF2N7O6. The SMILES string of the molecule is C[C@H]1c2c(cc(F)c(Cl)c2-c2c(C(N)=O)ccc(OCCO)c2F)O[C@]1(CNCCC1CCN(c2cccc3c(N4CCC(=O)NC4=O)nn(C)c23)CC1)c1ccccc1. The number of fused-ring (bicyclic) bond motifs is 2. The van der Waals surface area contributed by atoms with E-state index in [1.54, 1.807) is 4.68 Å². The average molecular weight is 842 g/mol. The van der Waals surface area contributed by atoms with E-state index in [1.165, 1.54) is 23.1 Å². The molecule has 13 nitrogen and oxygen atoms in total. The molecule has 3 aliphatic heterocycles. The number of aromatic nitrogens is 2. The third kappa shape index (κ3) is 7.28. The number of para-hydroxylation sites is 1. The molecule has 16 heteroatoms. The summed E-state index contributed by atoms with van der Waals surface area (Å²) in [5, 5.41) is 20.5. The quantitative estimate of drug-likeness (QED) is 0.0986. The van der Waals surface area contributed by atoms with Gasteiger partial charge < -0.3 is 30.5 Å². The van der Waals surface area contributed by atoms with Crippen LogP contribution < -0.4 is 35.6 Å². The number of carbonyl (C=O) groups excluding carboxylic acids is 3. The zero-order chi connectivity index (χ0) is 42.3. The number of rotatable bonds is 13.